The van der Waals surface area contributed by atoms with E-state index in [1.165, 1.54) is 53.9 Å². The normalized spacial score (nSPS) is 11.2. The Bertz CT molecular complexity index is 7810. The topological polar surface area (TPSA) is 353 Å². The van der Waals surface area contributed by atoms with Crippen molar-refractivity contribution in [1.29, 1.82) is 0 Å². The first-order valence-electron chi connectivity index (χ1n) is 41.2. The van der Waals surface area contributed by atoms with Crippen LogP contribution in [0, 0.1) is 0 Å². The lowest BCUT2D eigenvalue weighted by molar-refractivity contribution is 0.312. The quantitative estimate of drug-likeness (QED) is 0.0329. The zero-order valence-corrected chi connectivity index (χ0v) is 69.3. The van der Waals surface area contributed by atoms with Gasteiger partial charge in [-0.3, -0.25) is 0 Å². The minimum Gasteiger partial charge on any atom is -0.508 e. The fourth-order valence-electron chi connectivity index (χ4n) is 15.6. The third-order valence-electron chi connectivity index (χ3n) is 21.4. The van der Waals surface area contributed by atoms with Gasteiger partial charge in [0.15, 0.2) is 46.6 Å². The molecule has 0 aliphatic rings. The first-order chi connectivity index (χ1) is 62.5. The number of aromatic nitrogens is 12. The molecule has 17 aromatic carbocycles. The van der Waals surface area contributed by atoms with E-state index in [2.05, 4.69) is 159 Å². The second-order valence-electron chi connectivity index (χ2n) is 29.6. The van der Waals surface area contributed by atoms with Gasteiger partial charge in [-0.15, -0.1) is 0 Å². The summed E-state index contributed by atoms with van der Waals surface area (Å²) in [6.45, 7) is 8.98. The third-order valence-corrected chi connectivity index (χ3v) is 21.4. The van der Waals surface area contributed by atoms with E-state index in [0.29, 0.717) is 72.0 Å². The zero-order valence-electron chi connectivity index (χ0n) is 69.3. The predicted octanol–water partition coefficient (Wildman–Crippen LogP) is 22.4. The molecular weight excluding hydrogens is 1610 g/mol. The van der Waals surface area contributed by atoms with Crippen molar-refractivity contribution in [3.63, 3.8) is 0 Å². The van der Waals surface area contributed by atoms with Crippen LogP contribution in [0.4, 0.5) is 0 Å². The lowest BCUT2D eigenvalue weighted by Gasteiger charge is -2.13. The van der Waals surface area contributed by atoms with E-state index in [9.17, 15) is 40.9 Å². The van der Waals surface area contributed by atoms with Crippen molar-refractivity contribution >= 4 is 97.0 Å². The van der Waals surface area contributed by atoms with Gasteiger partial charge in [-0.2, -0.15) is 39.9 Å². The van der Waals surface area contributed by atoms with E-state index in [-0.39, 0.29) is 93.3 Å². The number of ether oxygens (including phenoxy) is 4. The van der Waals surface area contributed by atoms with Crippen LogP contribution in [0.3, 0.4) is 0 Å². The molecule has 128 heavy (non-hydrogen) atoms. The van der Waals surface area contributed by atoms with Crippen LogP contribution in [-0.4, -0.2) is 127 Å². The number of fused-ring (bicyclic) bond motifs is 12. The lowest BCUT2D eigenvalue weighted by Crippen LogP contribution is -2.04. The summed E-state index contributed by atoms with van der Waals surface area (Å²) < 4.78 is 22.4. The van der Waals surface area contributed by atoms with Crippen LogP contribution in [-0.2, 0) is 0 Å². The maximum atomic E-state index is 10.5. The molecule has 0 amide bonds. The molecule has 0 unspecified atom stereocenters. The average molecular weight is 1690 g/mol. The Labute approximate surface area is 731 Å². The molecule has 0 radical (unpaired) electrons. The number of nitrogens with zero attached hydrogens (tertiary/aromatic N) is 12. The first kappa shape index (κ1) is 81.7. The van der Waals surface area contributed by atoms with Crippen molar-refractivity contribution < 1.29 is 59.8 Å². The van der Waals surface area contributed by atoms with Gasteiger partial charge in [0.25, 0.3) is 0 Å². The molecule has 0 aliphatic carbocycles. The maximum absolute atomic E-state index is 10.5. The van der Waals surface area contributed by atoms with Gasteiger partial charge in [-0.25, -0.2) is 19.9 Å². The SMILES string of the molecule is CCOc1nc(-c2ccc(O)cc2O)nc(-c2c3ccccc3cc3ccccc23)n1.CCOc1nc(-c2ccc(O)cc2O)nc(-c2cc3c4ccccc4ccc3c3ccccc23)n1.CCOc1nc(-c2ccc(O)cc2O)nc(-c2cc3ccccc3c3ccccc23)n1.CCOc1nc(-c2ccc3cc4ccccc4cc3c2)nc(-c2ccc(O)cc2O)n1. The molecule has 21 rings (SSSR count). The number of hydrogen-bond acceptors (Lipinski definition) is 24. The molecule has 0 fully saturated rings. The van der Waals surface area contributed by atoms with Crippen molar-refractivity contribution in [3.8, 4) is 161 Å². The van der Waals surface area contributed by atoms with Crippen molar-refractivity contribution in [2.24, 2.45) is 0 Å². The summed E-state index contributed by atoms with van der Waals surface area (Å²) in [4.78, 5) is 54.4. The standard InChI is InChI=1S/C29H21N3O3.3C25H19N3O3/c1-2-35-29-31-27(23-14-12-18(33)15-26(23)34)30-28(32-29)25-16-24-19-8-4-3-7-17(19)11-13-22(24)20-9-5-6-10-21(20)25;1-2-31-25-27-23(20-12-11-17(29)14-21(20)30)26-24(28-25)22-18-9-5-3-7-15(18)13-16-8-4-6-10-19(16)22;1-2-31-25-27-23(20-12-11-16(29)14-22(20)30)26-24(28-25)21-13-15-7-3-4-8-17(15)18-9-5-6-10-19(18)21;1-2-31-25-27-23(26-24(28-25)21-10-9-20(29)14-22(21)30)18-8-7-17-11-15-5-3-4-6-16(15)12-19(17)13-18/h3-16,33-34H,2H2,1H3;3*3-14,29-30H,2H2,1H3. The smallest absolute Gasteiger partial charge is 0.320 e. The molecule has 0 spiro atoms. The number of rotatable bonds is 16. The van der Waals surface area contributed by atoms with Gasteiger partial charge in [0.05, 0.1) is 48.7 Å². The fourth-order valence-corrected chi connectivity index (χ4v) is 15.6. The number of phenols is 8. The largest absolute Gasteiger partial charge is 0.508 e. The monoisotopic (exact) mass is 1690 g/mol. The molecule has 626 valence electrons. The Morgan fingerprint density at radius 2 is 0.469 bits per heavy atom. The summed E-state index contributed by atoms with van der Waals surface area (Å²) in [6, 6.07) is 96.0. The molecule has 0 bridgehead atoms. The van der Waals surface area contributed by atoms with E-state index < -0.39 is 0 Å². The zero-order chi connectivity index (χ0) is 88.1. The summed E-state index contributed by atoms with van der Waals surface area (Å²) in [5.41, 5.74) is 4.89. The molecule has 0 saturated carbocycles. The number of hydrogen-bond donors (Lipinski definition) is 8. The van der Waals surface area contributed by atoms with Gasteiger partial charge in [-0.05, 0) is 210 Å². The average Bonchev–Trinajstić information content (AvgIpc) is 0.779. The highest BCUT2D eigenvalue weighted by atomic mass is 16.5. The molecule has 21 aromatic rings. The van der Waals surface area contributed by atoms with Crippen LogP contribution in [0.2, 0.25) is 0 Å². The lowest BCUT2D eigenvalue weighted by atomic mass is 9.93. The van der Waals surface area contributed by atoms with E-state index in [0.717, 1.165) is 114 Å². The highest BCUT2D eigenvalue weighted by molar-refractivity contribution is 6.21. The Morgan fingerprint density at radius 3 is 0.891 bits per heavy atom. The van der Waals surface area contributed by atoms with E-state index >= 15 is 0 Å². The van der Waals surface area contributed by atoms with Crippen molar-refractivity contribution in [1.82, 2.24) is 59.8 Å². The molecule has 4 aromatic heterocycles. The van der Waals surface area contributed by atoms with Gasteiger partial charge in [0.1, 0.15) is 46.0 Å². The van der Waals surface area contributed by atoms with Crippen LogP contribution < -0.4 is 18.9 Å². The molecular formula is C104H78N12O12. The van der Waals surface area contributed by atoms with Gasteiger partial charge >= 0.3 is 24.0 Å². The Hall–Kier alpha value is -17.3. The highest BCUT2D eigenvalue weighted by Crippen LogP contribution is 2.44. The van der Waals surface area contributed by atoms with Crippen LogP contribution in [0.25, 0.3) is 188 Å². The molecule has 24 heteroatoms. The number of phenolic OH excluding ortho intramolecular Hbond substituents is 8. The van der Waals surface area contributed by atoms with Crippen LogP contribution >= 0.6 is 0 Å². The highest BCUT2D eigenvalue weighted by Gasteiger charge is 2.24. The van der Waals surface area contributed by atoms with E-state index in [1.807, 2.05) is 149 Å². The van der Waals surface area contributed by atoms with E-state index in [1.54, 1.807) is 24.3 Å². The van der Waals surface area contributed by atoms with Gasteiger partial charge in [0.2, 0.25) is 0 Å². The molecule has 24 nitrogen and oxygen atoms in total. The molecule has 0 saturated heterocycles. The number of benzene rings is 17. The first-order valence-corrected chi connectivity index (χ1v) is 41.2. The Kier molecular flexibility index (Phi) is 22.8. The van der Waals surface area contributed by atoms with Crippen molar-refractivity contribution in [2.75, 3.05) is 26.4 Å². The summed E-state index contributed by atoms with van der Waals surface area (Å²) in [6.07, 6.45) is 0. The summed E-state index contributed by atoms with van der Waals surface area (Å²) in [5, 5.41) is 99.7. The van der Waals surface area contributed by atoms with Crippen molar-refractivity contribution in [3.05, 3.63) is 303 Å². The maximum Gasteiger partial charge on any atom is 0.320 e. The van der Waals surface area contributed by atoms with Crippen molar-refractivity contribution in [2.45, 2.75) is 27.7 Å². The fraction of sp³-hybridized carbons (Fsp3) is 0.0769. The molecule has 4 heterocycles. The van der Waals surface area contributed by atoms with Gasteiger partial charge in [-0.1, -0.05) is 194 Å². The summed E-state index contributed by atoms with van der Waals surface area (Å²) in [5.74, 6) is 2.19. The Balaban J connectivity index is 0.000000115. The summed E-state index contributed by atoms with van der Waals surface area (Å²) >= 11 is 0. The third kappa shape index (κ3) is 16.8. The minimum absolute atomic E-state index is 0.0395. The molecule has 8 N–H and O–H groups in total. The van der Waals surface area contributed by atoms with Crippen LogP contribution in [0.5, 0.6) is 70.0 Å². The van der Waals surface area contributed by atoms with E-state index in [4.69, 9.17) is 28.9 Å². The van der Waals surface area contributed by atoms with Crippen LogP contribution in [0.15, 0.2) is 303 Å². The van der Waals surface area contributed by atoms with Crippen LogP contribution in [0.1, 0.15) is 27.7 Å². The van der Waals surface area contributed by atoms with Gasteiger partial charge in [0, 0.05) is 46.5 Å². The minimum atomic E-state index is -0.126. The second-order valence-corrected chi connectivity index (χ2v) is 29.6. The Morgan fingerprint density at radius 1 is 0.188 bits per heavy atom. The number of aromatic hydroxyl groups is 8. The predicted molar refractivity (Wildman–Crippen MR) is 498 cm³/mol. The second kappa shape index (κ2) is 35.7. The molecule has 0 atom stereocenters. The van der Waals surface area contributed by atoms with Gasteiger partial charge < -0.3 is 59.8 Å². The summed E-state index contributed by atoms with van der Waals surface area (Å²) in [7, 11) is 0. The molecule has 0 aliphatic heterocycles.